The first kappa shape index (κ1) is 68.1. The Labute approximate surface area is 430 Å². The monoisotopic (exact) mass is 981 g/mol. The molecule has 0 amide bonds. The molecule has 4 nitrogen and oxygen atoms in total. The predicted octanol–water partition coefficient (Wildman–Crippen LogP) is 24.4. The summed E-state index contributed by atoms with van der Waals surface area (Å²) in [4.78, 5) is 0. The lowest BCUT2D eigenvalue weighted by Crippen LogP contribution is -2.40. The molecule has 0 radical (unpaired) electrons. The van der Waals surface area contributed by atoms with Crippen LogP contribution >= 0.6 is 7.82 Å². The summed E-state index contributed by atoms with van der Waals surface area (Å²) in [6.07, 6.45) is 61.5. The molecule has 0 spiro atoms. The molecule has 0 rings (SSSR count). The summed E-state index contributed by atoms with van der Waals surface area (Å²) in [5.41, 5.74) is -1.46. The van der Waals surface area contributed by atoms with Crippen molar-refractivity contribution < 1.29 is 18.1 Å². The fourth-order valence-electron chi connectivity index (χ4n) is 11.1. The summed E-state index contributed by atoms with van der Waals surface area (Å²) in [6, 6.07) is 0. The molecule has 0 saturated carbocycles. The first-order valence-electron chi connectivity index (χ1n) is 31.9. The molecular weight excluding hydrogens is 852 g/mol. The summed E-state index contributed by atoms with van der Waals surface area (Å²) in [7, 11) is -4.06. The zero-order chi connectivity index (χ0) is 50.2. The molecule has 0 aromatic heterocycles. The third-order valence-corrected chi connectivity index (χ3v) is 17.6. The predicted molar refractivity (Wildman–Crippen MR) is 306 cm³/mol. The van der Waals surface area contributed by atoms with E-state index >= 15 is 4.57 Å². The van der Waals surface area contributed by atoms with E-state index < -0.39 is 24.6 Å². The zero-order valence-corrected chi connectivity index (χ0v) is 49.5. The summed E-state index contributed by atoms with van der Waals surface area (Å²) >= 11 is 0. The molecule has 0 aliphatic carbocycles. The van der Waals surface area contributed by atoms with Crippen LogP contribution in [0.5, 0.6) is 0 Å². The van der Waals surface area contributed by atoms with Crippen LogP contribution in [0.4, 0.5) is 0 Å². The van der Waals surface area contributed by atoms with Gasteiger partial charge in [-0.3, -0.25) is 13.6 Å². The fourth-order valence-corrected chi connectivity index (χ4v) is 13.5. The van der Waals surface area contributed by atoms with Crippen LogP contribution in [0.1, 0.15) is 390 Å². The Kier molecular flexibility index (Phi) is 48.2. The molecular formula is C63H129O4P. The Hall–Kier alpha value is 0.110. The van der Waals surface area contributed by atoms with Gasteiger partial charge < -0.3 is 0 Å². The van der Waals surface area contributed by atoms with Gasteiger partial charge in [-0.1, -0.05) is 332 Å². The quantitative estimate of drug-likeness (QED) is 0.0450. The Morgan fingerprint density at radius 2 is 0.338 bits per heavy atom. The molecule has 68 heavy (non-hydrogen) atoms. The highest BCUT2D eigenvalue weighted by Gasteiger charge is 2.50. The summed E-state index contributed by atoms with van der Waals surface area (Å²) in [5.74, 6) is 0. The maximum absolute atomic E-state index is 16.8. The Balaban J connectivity index is 7.08. The molecule has 0 aliphatic heterocycles. The van der Waals surface area contributed by atoms with Crippen molar-refractivity contribution in [3.05, 3.63) is 0 Å². The minimum absolute atomic E-state index is 0.488. The van der Waals surface area contributed by atoms with Crippen LogP contribution in [-0.4, -0.2) is 16.8 Å². The van der Waals surface area contributed by atoms with Gasteiger partial charge >= 0.3 is 7.82 Å². The van der Waals surface area contributed by atoms with Crippen LogP contribution in [-0.2, 0) is 18.1 Å². The Morgan fingerprint density at radius 1 is 0.206 bits per heavy atom. The fraction of sp³-hybridized carbons (Fsp3) is 1.00. The van der Waals surface area contributed by atoms with E-state index in [0.29, 0.717) is 0 Å². The van der Waals surface area contributed by atoms with E-state index in [2.05, 4.69) is 62.3 Å². The van der Waals surface area contributed by atoms with Crippen LogP contribution in [0.25, 0.3) is 0 Å². The van der Waals surface area contributed by atoms with Crippen molar-refractivity contribution in [1.29, 1.82) is 0 Å². The van der Waals surface area contributed by atoms with Crippen molar-refractivity contribution in [3.8, 4) is 0 Å². The first-order chi connectivity index (χ1) is 33.2. The highest BCUT2D eigenvalue weighted by molar-refractivity contribution is 7.48. The lowest BCUT2D eigenvalue weighted by Gasteiger charge is -2.45. The minimum Gasteiger partial charge on any atom is -0.280 e. The van der Waals surface area contributed by atoms with Crippen molar-refractivity contribution in [2.75, 3.05) is 0 Å². The number of phosphoric ester groups is 1. The average molecular weight is 982 g/mol. The normalized spacial score (nSPS) is 12.8. The molecule has 410 valence electrons. The molecule has 0 atom stereocenters. The van der Waals surface area contributed by atoms with Gasteiger partial charge in [-0.15, -0.1) is 0 Å². The standard InChI is InChI=1S/C63H129O4P/c1-10-19-28-31-34-37-40-43-46-49-58-61(52-22-13-4,53-23-14-5)65-68(64,66-62(54-24-15-6,55-25-16-7)59-50-47-44-41-38-35-32-29-20-11-2)67-63(56-26-17-8,57-27-18-9)60-51-48-45-42-39-36-33-30-21-12-3/h10-60H2,1-9H3. The second-order valence-electron chi connectivity index (χ2n) is 22.7. The van der Waals surface area contributed by atoms with E-state index in [9.17, 15) is 0 Å². The lowest BCUT2D eigenvalue weighted by molar-refractivity contribution is -0.0906. The van der Waals surface area contributed by atoms with E-state index in [1.807, 2.05) is 0 Å². The maximum Gasteiger partial charge on any atom is 0.476 e. The van der Waals surface area contributed by atoms with Gasteiger partial charge in [0.25, 0.3) is 0 Å². The summed E-state index contributed by atoms with van der Waals surface area (Å²) in [5, 5.41) is 0. The SMILES string of the molecule is CCCCCCCCCCCCC(CCCC)(CCCC)OP(=O)(OC(CCCC)(CCCC)CCCCCCCCCCCC)OC(CCCC)(CCCC)CCCCCCCCCCCC. The van der Waals surface area contributed by atoms with Crippen molar-refractivity contribution in [2.45, 2.75) is 407 Å². The number of unbranched alkanes of at least 4 members (excludes halogenated alkanes) is 33. The van der Waals surface area contributed by atoms with Gasteiger partial charge in [0.05, 0.1) is 16.8 Å². The molecule has 0 heterocycles. The molecule has 0 bridgehead atoms. The molecule has 0 fully saturated rings. The molecule has 0 aromatic carbocycles. The van der Waals surface area contributed by atoms with Gasteiger partial charge in [0.15, 0.2) is 0 Å². The van der Waals surface area contributed by atoms with E-state index in [0.717, 1.165) is 154 Å². The molecule has 0 aliphatic rings. The van der Waals surface area contributed by atoms with Crippen LogP contribution in [0.15, 0.2) is 0 Å². The summed E-state index contributed by atoms with van der Waals surface area (Å²) in [6.45, 7) is 20.8. The largest absolute Gasteiger partial charge is 0.476 e. The molecule has 0 unspecified atom stereocenters. The first-order valence-corrected chi connectivity index (χ1v) is 33.3. The number of hydrogen-bond donors (Lipinski definition) is 0. The second kappa shape index (κ2) is 48.1. The number of rotatable bonds is 57. The van der Waals surface area contributed by atoms with Crippen molar-refractivity contribution in [3.63, 3.8) is 0 Å². The lowest BCUT2D eigenvalue weighted by atomic mass is 9.85. The Bertz CT molecular complexity index is 908. The van der Waals surface area contributed by atoms with Gasteiger partial charge in [-0.05, 0) is 57.8 Å². The smallest absolute Gasteiger partial charge is 0.280 e. The van der Waals surface area contributed by atoms with Crippen LogP contribution < -0.4 is 0 Å². The molecule has 5 heteroatoms. The second-order valence-corrected chi connectivity index (χ2v) is 24.1. The summed E-state index contributed by atoms with van der Waals surface area (Å²) < 4.78 is 39.8. The molecule has 0 aromatic rings. The van der Waals surface area contributed by atoms with E-state index in [1.165, 1.54) is 173 Å². The minimum atomic E-state index is -4.06. The maximum atomic E-state index is 16.8. The van der Waals surface area contributed by atoms with Gasteiger partial charge in [0.1, 0.15) is 0 Å². The van der Waals surface area contributed by atoms with Crippen LogP contribution in [0, 0.1) is 0 Å². The number of phosphoric acid groups is 1. The third kappa shape index (κ3) is 36.9. The van der Waals surface area contributed by atoms with Gasteiger partial charge in [0.2, 0.25) is 0 Å². The highest BCUT2D eigenvalue weighted by Crippen LogP contribution is 2.63. The van der Waals surface area contributed by atoms with Crippen molar-refractivity contribution in [2.24, 2.45) is 0 Å². The van der Waals surface area contributed by atoms with E-state index in [4.69, 9.17) is 13.6 Å². The molecule has 0 N–H and O–H groups in total. The molecule has 0 saturated heterocycles. The zero-order valence-electron chi connectivity index (χ0n) is 48.6. The van der Waals surface area contributed by atoms with Crippen molar-refractivity contribution in [1.82, 2.24) is 0 Å². The van der Waals surface area contributed by atoms with Gasteiger partial charge in [0, 0.05) is 0 Å². The van der Waals surface area contributed by atoms with Gasteiger partial charge in [-0.2, -0.15) is 0 Å². The van der Waals surface area contributed by atoms with E-state index in [-0.39, 0.29) is 0 Å². The third-order valence-electron chi connectivity index (χ3n) is 15.8. The van der Waals surface area contributed by atoms with Gasteiger partial charge in [-0.25, -0.2) is 4.57 Å². The topological polar surface area (TPSA) is 44.8 Å². The van der Waals surface area contributed by atoms with E-state index in [1.54, 1.807) is 0 Å². The van der Waals surface area contributed by atoms with Crippen LogP contribution in [0.2, 0.25) is 0 Å². The highest BCUT2D eigenvalue weighted by atomic mass is 31.2. The van der Waals surface area contributed by atoms with Crippen molar-refractivity contribution >= 4 is 7.82 Å². The Morgan fingerprint density at radius 3 is 0.500 bits per heavy atom. The average Bonchev–Trinajstić information content (AvgIpc) is 3.34. The number of hydrogen-bond acceptors (Lipinski definition) is 4. The van der Waals surface area contributed by atoms with Crippen LogP contribution in [0.3, 0.4) is 0 Å².